The first-order chi connectivity index (χ1) is 15.9. The van der Waals surface area contributed by atoms with Crippen LogP contribution in [0.25, 0.3) is 11.1 Å². The SMILES string of the molecule is [CH2-]c1[nH]nc(C)c1-c1ccc(NC(=O)[C@@H](NC(=O)c2ccnn2C)C(C2CC2)C2CC2)cc1.[Rb+]. The van der Waals surface area contributed by atoms with Crippen LogP contribution >= 0.6 is 0 Å². The van der Waals surface area contributed by atoms with E-state index in [9.17, 15) is 9.59 Å². The Balaban J connectivity index is 0.00000274. The fourth-order valence-electron chi connectivity index (χ4n) is 4.84. The number of aromatic amines is 1. The molecule has 0 aliphatic heterocycles. The van der Waals surface area contributed by atoms with Gasteiger partial charge in [-0.15, -0.1) is 11.3 Å². The first-order valence-corrected chi connectivity index (χ1v) is 11.5. The molecule has 2 amide bonds. The molecule has 0 bridgehead atoms. The molecular weight excluding hydrogens is 502 g/mol. The number of aryl methyl sites for hydroxylation is 2. The van der Waals surface area contributed by atoms with E-state index in [-0.39, 0.29) is 75.9 Å². The molecule has 2 aromatic heterocycles. The van der Waals surface area contributed by atoms with Crippen LogP contribution in [0.4, 0.5) is 5.69 Å². The number of aromatic nitrogens is 4. The standard InChI is InChI=1S/C25H29N6O2.Rb/c1-14-21(15(2)30-29-14)16-8-10-19(11-9-16)27-25(33)23(22(17-4-5-17)18-6-7-18)28-24(32)20-12-13-26-31(20)3;/h8-13,17-18,22-23H,1,4-7H2,2-3H3,(H,27,33)(H,28,32)(H,29,30);/q-1;+1/t23-;/m0./s1. The minimum atomic E-state index is -0.574. The van der Waals surface area contributed by atoms with Crippen LogP contribution in [-0.2, 0) is 11.8 Å². The molecule has 8 nitrogen and oxygen atoms in total. The van der Waals surface area contributed by atoms with Crippen LogP contribution in [0.2, 0.25) is 0 Å². The molecule has 2 saturated carbocycles. The van der Waals surface area contributed by atoms with Crippen molar-refractivity contribution in [2.24, 2.45) is 24.8 Å². The van der Waals surface area contributed by atoms with E-state index >= 15 is 0 Å². The molecule has 2 aliphatic rings. The molecule has 0 saturated heterocycles. The van der Waals surface area contributed by atoms with Crippen LogP contribution in [0, 0.1) is 31.6 Å². The molecule has 34 heavy (non-hydrogen) atoms. The number of nitrogens with zero attached hydrogens (tertiary/aromatic N) is 3. The molecule has 0 spiro atoms. The molecule has 0 unspecified atom stereocenters. The molecule has 2 fully saturated rings. The fourth-order valence-corrected chi connectivity index (χ4v) is 4.84. The van der Waals surface area contributed by atoms with Gasteiger partial charge in [-0.25, -0.2) is 12.0 Å². The van der Waals surface area contributed by atoms with Gasteiger partial charge in [0, 0.05) is 18.9 Å². The second kappa shape index (κ2) is 10.5. The van der Waals surface area contributed by atoms with Crippen LogP contribution in [0.15, 0.2) is 36.5 Å². The molecule has 0 radical (unpaired) electrons. The van der Waals surface area contributed by atoms with Gasteiger partial charge in [0.1, 0.15) is 11.7 Å². The van der Waals surface area contributed by atoms with Gasteiger partial charge in [-0.3, -0.25) is 14.3 Å². The Morgan fingerprint density at radius 1 is 1.12 bits per heavy atom. The van der Waals surface area contributed by atoms with Crippen LogP contribution < -0.4 is 68.8 Å². The molecule has 9 heteroatoms. The van der Waals surface area contributed by atoms with E-state index in [1.807, 2.05) is 31.2 Å². The van der Waals surface area contributed by atoms with Crippen molar-refractivity contribution in [1.29, 1.82) is 0 Å². The van der Waals surface area contributed by atoms with Crippen molar-refractivity contribution in [3.05, 3.63) is 60.5 Å². The summed E-state index contributed by atoms with van der Waals surface area (Å²) < 4.78 is 1.53. The molecule has 3 N–H and O–H groups in total. The number of benzene rings is 1. The predicted molar refractivity (Wildman–Crippen MR) is 125 cm³/mol. The van der Waals surface area contributed by atoms with Gasteiger partial charge in [0.25, 0.3) is 5.91 Å². The summed E-state index contributed by atoms with van der Waals surface area (Å²) in [7, 11) is 1.73. The average molecular weight is 531 g/mol. The Morgan fingerprint density at radius 2 is 1.76 bits per heavy atom. The minimum Gasteiger partial charge on any atom is -0.339 e. The normalized spacial score (nSPS) is 16.1. The predicted octanol–water partition coefficient (Wildman–Crippen LogP) is 0.478. The summed E-state index contributed by atoms with van der Waals surface area (Å²) in [4.78, 5) is 26.4. The Bertz CT molecular complexity index is 1140. The van der Waals surface area contributed by atoms with E-state index in [1.165, 1.54) is 4.68 Å². The Morgan fingerprint density at radius 3 is 2.26 bits per heavy atom. The molecule has 1 aromatic carbocycles. The summed E-state index contributed by atoms with van der Waals surface area (Å²) >= 11 is 0. The monoisotopic (exact) mass is 530 g/mol. The molecule has 5 rings (SSSR count). The van der Waals surface area contributed by atoms with Crippen molar-refractivity contribution in [2.45, 2.75) is 38.6 Å². The van der Waals surface area contributed by atoms with Gasteiger partial charge in [0.05, 0.1) is 0 Å². The maximum atomic E-state index is 13.5. The summed E-state index contributed by atoms with van der Waals surface area (Å²) in [6, 6.07) is 8.75. The van der Waals surface area contributed by atoms with E-state index in [1.54, 1.807) is 19.3 Å². The number of H-pyrrole nitrogens is 1. The maximum Gasteiger partial charge on any atom is 1.00 e. The summed E-state index contributed by atoms with van der Waals surface area (Å²) in [5.74, 6) is 0.738. The topological polar surface area (TPSA) is 105 Å². The number of rotatable bonds is 8. The van der Waals surface area contributed by atoms with E-state index < -0.39 is 6.04 Å². The summed E-state index contributed by atoms with van der Waals surface area (Å²) in [5.41, 5.74) is 4.74. The summed E-state index contributed by atoms with van der Waals surface area (Å²) in [6.07, 6.45) is 6.08. The van der Waals surface area contributed by atoms with Gasteiger partial charge in [-0.05, 0) is 74.3 Å². The van der Waals surface area contributed by atoms with Crippen LogP contribution in [-0.4, -0.2) is 37.8 Å². The Labute approximate surface area is 248 Å². The fraction of sp³-hybridized carbons (Fsp3) is 0.400. The zero-order chi connectivity index (χ0) is 23.1. The molecule has 2 aliphatic carbocycles. The van der Waals surface area contributed by atoms with Gasteiger partial charge in [0.2, 0.25) is 5.91 Å². The van der Waals surface area contributed by atoms with Gasteiger partial charge >= 0.3 is 58.2 Å². The smallest absolute Gasteiger partial charge is 0.339 e. The number of nitrogens with one attached hydrogen (secondary N) is 3. The molecule has 172 valence electrons. The number of anilines is 1. The molecule has 1 atom stereocenters. The third-order valence-electron chi connectivity index (χ3n) is 6.80. The van der Waals surface area contributed by atoms with Crippen LogP contribution in [0.3, 0.4) is 0 Å². The largest absolute Gasteiger partial charge is 1.00 e. The van der Waals surface area contributed by atoms with Crippen molar-refractivity contribution >= 4 is 17.5 Å². The Hall–Kier alpha value is -1.74. The van der Waals surface area contributed by atoms with Crippen molar-refractivity contribution < 1.29 is 67.8 Å². The molecule has 3 aromatic rings. The summed E-state index contributed by atoms with van der Waals surface area (Å²) in [6.45, 7) is 5.93. The van der Waals surface area contributed by atoms with Crippen molar-refractivity contribution in [1.82, 2.24) is 25.3 Å². The first-order valence-electron chi connectivity index (χ1n) is 11.5. The number of amides is 2. The van der Waals surface area contributed by atoms with Gasteiger partial charge in [-0.2, -0.15) is 5.10 Å². The number of carbonyl (C=O) groups is 2. The quantitative estimate of drug-likeness (QED) is 0.368. The van der Waals surface area contributed by atoms with E-state index in [2.05, 4.69) is 32.9 Å². The molecular formula is C25H29N6O2Rb. The third kappa shape index (κ3) is 5.40. The second-order valence-electron chi connectivity index (χ2n) is 9.27. The number of hydrogen-bond acceptors (Lipinski definition) is 4. The average Bonchev–Trinajstić information content (AvgIpc) is 3.72. The zero-order valence-corrected chi connectivity index (χ0v) is 24.9. The van der Waals surface area contributed by atoms with E-state index in [4.69, 9.17) is 0 Å². The van der Waals surface area contributed by atoms with Crippen LogP contribution in [0.5, 0.6) is 0 Å². The van der Waals surface area contributed by atoms with Crippen molar-refractivity contribution in [3.63, 3.8) is 0 Å². The first kappa shape index (κ1) is 25.4. The minimum absolute atomic E-state index is 0. The van der Waals surface area contributed by atoms with E-state index in [0.717, 1.165) is 48.2 Å². The van der Waals surface area contributed by atoms with E-state index in [0.29, 0.717) is 23.2 Å². The second-order valence-corrected chi connectivity index (χ2v) is 9.27. The third-order valence-corrected chi connectivity index (χ3v) is 6.80. The Kier molecular flexibility index (Phi) is 7.81. The van der Waals surface area contributed by atoms with Gasteiger partial charge in [-0.1, -0.05) is 17.7 Å². The van der Waals surface area contributed by atoms with Crippen molar-refractivity contribution in [3.8, 4) is 11.1 Å². The van der Waals surface area contributed by atoms with Crippen LogP contribution in [0.1, 0.15) is 47.6 Å². The summed E-state index contributed by atoms with van der Waals surface area (Å²) in [5, 5.41) is 17.3. The van der Waals surface area contributed by atoms with Gasteiger partial charge < -0.3 is 15.7 Å². The van der Waals surface area contributed by atoms with Crippen molar-refractivity contribution in [2.75, 3.05) is 5.32 Å². The zero-order valence-electron chi connectivity index (χ0n) is 20.0. The molecule has 2 heterocycles. The van der Waals surface area contributed by atoms with Gasteiger partial charge in [0.15, 0.2) is 0 Å². The maximum absolute atomic E-state index is 13.5. The number of hydrogen-bond donors (Lipinski definition) is 3. The number of carbonyl (C=O) groups excluding carboxylic acids is 2.